The first-order chi connectivity index (χ1) is 7.89. The van der Waals surface area contributed by atoms with Crippen molar-refractivity contribution in [3.8, 4) is 0 Å². The summed E-state index contributed by atoms with van der Waals surface area (Å²) in [7, 11) is -3.79. The predicted molar refractivity (Wildman–Crippen MR) is 66.4 cm³/mol. The molecule has 5 nitrogen and oxygen atoms in total. The van der Waals surface area contributed by atoms with Crippen LogP contribution in [0.2, 0.25) is 0 Å². The molecule has 1 heterocycles. The minimum atomic E-state index is -3.79. The van der Waals surface area contributed by atoms with Crippen LogP contribution in [0.1, 0.15) is 18.7 Å². The molecule has 1 rings (SSSR count). The number of nitrogens with zero attached hydrogens (tertiary/aromatic N) is 1. The maximum atomic E-state index is 12.0. The molecule has 0 aromatic carbocycles. The van der Waals surface area contributed by atoms with Crippen molar-refractivity contribution in [1.29, 1.82) is 0 Å². The molecule has 0 radical (unpaired) electrons. The lowest BCUT2D eigenvalue weighted by atomic mass is 10.4. The van der Waals surface area contributed by atoms with E-state index in [-0.39, 0.29) is 13.1 Å². The van der Waals surface area contributed by atoms with E-state index >= 15 is 0 Å². The summed E-state index contributed by atoms with van der Waals surface area (Å²) < 4.78 is 25.2. The van der Waals surface area contributed by atoms with Crippen molar-refractivity contribution >= 4 is 27.3 Å². The standard InChI is InChI=1S/C10H15NO4S2/c1-3-11(7-9-5-4-6-16-9)17(14,15)8(2)10(12)13/h4-6,8H,3,7H2,1-2H3,(H,12,13). The van der Waals surface area contributed by atoms with Crippen LogP contribution >= 0.6 is 11.3 Å². The molecule has 0 aliphatic carbocycles. The van der Waals surface area contributed by atoms with Gasteiger partial charge in [0.15, 0.2) is 5.25 Å². The Balaban J connectivity index is 2.90. The molecule has 1 atom stereocenters. The van der Waals surface area contributed by atoms with Crippen molar-refractivity contribution in [2.45, 2.75) is 25.6 Å². The molecule has 0 aliphatic rings. The molecule has 0 amide bonds. The summed E-state index contributed by atoms with van der Waals surface area (Å²) in [5.74, 6) is -1.32. The van der Waals surface area contributed by atoms with Gasteiger partial charge in [0.2, 0.25) is 10.0 Å². The van der Waals surface area contributed by atoms with Gasteiger partial charge in [0, 0.05) is 18.0 Å². The molecule has 0 saturated heterocycles. The van der Waals surface area contributed by atoms with Gasteiger partial charge in [0.25, 0.3) is 0 Å². The zero-order chi connectivity index (χ0) is 13.1. The number of rotatable bonds is 6. The van der Waals surface area contributed by atoms with Gasteiger partial charge in [0.1, 0.15) is 0 Å². The van der Waals surface area contributed by atoms with Crippen molar-refractivity contribution in [2.75, 3.05) is 6.54 Å². The van der Waals surface area contributed by atoms with Crippen molar-refractivity contribution < 1.29 is 18.3 Å². The van der Waals surface area contributed by atoms with Crippen molar-refractivity contribution in [1.82, 2.24) is 4.31 Å². The second-order valence-corrected chi connectivity index (χ2v) is 6.82. The molecule has 0 saturated carbocycles. The average Bonchev–Trinajstić information content (AvgIpc) is 2.76. The van der Waals surface area contributed by atoms with Crippen LogP contribution in [0.4, 0.5) is 0 Å². The quantitative estimate of drug-likeness (QED) is 0.852. The molecule has 0 spiro atoms. The number of aliphatic carboxylic acids is 1. The monoisotopic (exact) mass is 277 g/mol. The molecule has 1 aromatic rings. The van der Waals surface area contributed by atoms with Crippen LogP contribution in [0.15, 0.2) is 17.5 Å². The highest BCUT2D eigenvalue weighted by Crippen LogP contribution is 2.17. The Morgan fingerprint density at radius 1 is 1.59 bits per heavy atom. The minimum Gasteiger partial charge on any atom is -0.480 e. The fourth-order valence-electron chi connectivity index (χ4n) is 1.31. The van der Waals surface area contributed by atoms with Crippen LogP contribution in [0.5, 0.6) is 0 Å². The molecule has 0 bridgehead atoms. The second kappa shape index (κ2) is 5.61. The predicted octanol–water partition coefficient (Wildman–Crippen LogP) is 1.37. The lowest BCUT2D eigenvalue weighted by Gasteiger charge is -2.22. The van der Waals surface area contributed by atoms with E-state index < -0.39 is 21.2 Å². The molecular formula is C10H15NO4S2. The van der Waals surface area contributed by atoms with E-state index in [2.05, 4.69) is 0 Å². The van der Waals surface area contributed by atoms with Crippen LogP contribution < -0.4 is 0 Å². The molecular weight excluding hydrogens is 262 g/mol. The van der Waals surface area contributed by atoms with Crippen LogP contribution in [-0.2, 0) is 21.4 Å². The van der Waals surface area contributed by atoms with Crippen LogP contribution in [-0.4, -0.2) is 35.6 Å². The van der Waals surface area contributed by atoms with E-state index in [1.807, 2.05) is 17.5 Å². The van der Waals surface area contributed by atoms with Gasteiger partial charge >= 0.3 is 5.97 Å². The normalized spacial score (nSPS) is 13.8. The van der Waals surface area contributed by atoms with Gasteiger partial charge in [-0.1, -0.05) is 13.0 Å². The number of carboxylic acids is 1. The van der Waals surface area contributed by atoms with Gasteiger partial charge in [-0.05, 0) is 18.4 Å². The van der Waals surface area contributed by atoms with Gasteiger partial charge in [-0.25, -0.2) is 8.42 Å². The van der Waals surface area contributed by atoms with Crippen molar-refractivity contribution in [2.24, 2.45) is 0 Å². The largest absolute Gasteiger partial charge is 0.480 e. The zero-order valence-corrected chi connectivity index (χ0v) is 11.3. The highest BCUT2D eigenvalue weighted by Gasteiger charge is 2.33. The number of carbonyl (C=O) groups is 1. The highest BCUT2D eigenvalue weighted by molar-refractivity contribution is 7.90. The summed E-state index contributed by atoms with van der Waals surface area (Å²) in [5.41, 5.74) is 0. The summed E-state index contributed by atoms with van der Waals surface area (Å²) in [5, 5.41) is 9.23. The van der Waals surface area contributed by atoms with Crippen LogP contribution in [0.3, 0.4) is 0 Å². The third-order valence-corrected chi connectivity index (χ3v) is 5.48. The summed E-state index contributed by atoms with van der Waals surface area (Å²) in [6.45, 7) is 3.38. The Kier molecular flexibility index (Phi) is 4.67. The maximum absolute atomic E-state index is 12.0. The summed E-state index contributed by atoms with van der Waals surface area (Å²) >= 11 is 1.45. The Hall–Kier alpha value is -0.920. The fourth-order valence-corrected chi connectivity index (χ4v) is 3.49. The highest BCUT2D eigenvalue weighted by atomic mass is 32.2. The van der Waals surface area contributed by atoms with Crippen LogP contribution in [0.25, 0.3) is 0 Å². The molecule has 1 aromatic heterocycles. The summed E-state index contributed by atoms with van der Waals surface area (Å²) in [6.07, 6.45) is 0. The van der Waals surface area contributed by atoms with E-state index in [0.717, 1.165) is 4.88 Å². The Labute approximate surface area is 105 Å². The maximum Gasteiger partial charge on any atom is 0.323 e. The molecule has 0 aliphatic heterocycles. The lowest BCUT2D eigenvalue weighted by Crippen LogP contribution is -2.40. The molecule has 7 heteroatoms. The lowest BCUT2D eigenvalue weighted by molar-refractivity contribution is -0.136. The summed E-state index contributed by atoms with van der Waals surface area (Å²) in [6, 6.07) is 3.66. The van der Waals surface area contributed by atoms with E-state index in [1.54, 1.807) is 6.92 Å². The van der Waals surface area contributed by atoms with Gasteiger partial charge in [0.05, 0.1) is 0 Å². The first-order valence-corrected chi connectivity index (χ1v) is 7.52. The fraction of sp³-hybridized carbons (Fsp3) is 0.500. The van der Waals surface area contributed by atoms with E-state index in [4.69, 9.17) is 5.11 Å². The second-order valence-electron chi connectivity index (χ2n) is 3.53. The topological polar surface area (TPSA) is 74.7 Å². The molecule has 96 valence electrons. The Bertz CT molecular complexity index is 467. The number of carboxylic acid groups (broad SMARTS) is 1. The van der Waals surface area contributed by atoms with Gasteiger partial charge < -0.3 is 5.11 Å². The van der Waals surface area contributed by atoms with Crippen LogP contribution in [0, 0.1) is 0 Å². The van der Waals surface area contributed by atoms with E-state index in [1.165, 1.54) is 22.6 Å². The molecule has 17 heavy (non-hydrogen) atoms. The third-order valence-electron chi connectivity index (χ3n) is 2.42. The minimum absolute atomic E-state index is 0.230. The third kappa shape index (κ3) is 3.27. The van der Waals surface area contributed by atoms with E-state index in [0.29, 0.717) is 0 Å². The van der Waals surface area contributed by atoms with Gasteiger partial charge in [-0.2, -0.15) is 4.31 Å². The number of sulfonamides is 1. The Morgan fingerprint density at radius 3 is 2.65 bits per heavy atom. The van der Waals surface area contributed by atoms with Crippen molar-refractivity contribution in [3.63, 3.8) is 0 Å². The van der Waals surface area contributed by atoms with Gasteiger partial charge in [-0.15, -0.1) is 11.3 Å². The molecule has 0 fully saturated rings. The average molecular weight is 277 g/mol. The number of thiophene rings is 1. The summed E-state index contributed by atoms with van der Waals surface area (Å²) in [4.78, 5) is 11.7. The number of hydrogen-bond acceptors (Lipinski definition) is 4. The molecule has 1 N–H and O–H groups in total. The Morgan fingerprint density at radius 2 is 2.24 bits per heavy atom. The molecule has 1 unspecified atom stereocenters. The number of hydrogen-bond donors (Lipinski definition) is 1. The van der Waals surface area contributed by atoms with Gasteiger partial charge in [-0.3, -0.25) is 4.79 Å². The van der Waals surface area contributed by atoms with Crippen molar-refractivity contribution in [3.05, 3.63) is 22.4 Å². The zero-order valence-electron chi connectivity index (χ0n) is 9.66. The first kappa shape index (κ1) is 14.1. The smallest absolute Gasteiger partial charge is 0.323 e. The SMILES string of the molecule is CCN(Cc1cccs1)S(=O)(=O)C(C)C(=O)O. The first-order valence-electron chi connectivity index (χ1n) is 5.13. The van der Waals surface area contributed by atoms with E-state index in [9.17, 15) is 13.2 Å².